The van der Waals surface area contributed by atoms with E-state index in [2.05, 4.69) is 13.8 Å². The zero-order valence-electron chi connectivity index (χ0n) is 8.45. The third-order valence-corrected chi connectivity index (χ3v) is 4.39. The summed E-state index contributed by atoms with van der Waals surface area (Å²) >= 11 is 0. The van der Waals surface area contributed by atoms with Gasteiger partial charge in [0.25, 0.3) is 6.47 Å². The molecule has 2 bridgehead atoms. The zero-order valence-corrected chi connectivity index (χ0v) is 8.45. The number of hydrogen-bond donors (Lipinski definition) is 0. The highest BCUT2D eigenvalue weighted by Crippen LogP contribution is 2.59. The molecule has 0 saturated heterocycles. The molecular weight excluding hydrogens is 164 g/mol. The maximum absolute atomic E-state index is 10.2. The van der Waals surface area contributed by atoms with Crippen molar-refractivity contribution >= 4 is 6.47 Å². The van der Waals surface area contributed by atoms with Gasteiger partial charge in [-0.3, -0.25) is 4.79 Å². The number of hydrogen-bond acceptors (Lipinski definition) is 2. The third kappa shape index (κ3) is 1.27. The first kappa shape index (κ1) is 9.04. The Bertz CT molecular complexity index is 210. The maximum atomic E-state index is 10.2. The number of carbonyl (C=O) groups excluding carboxylic acids is 1. The summed E-state index contributed by atoms with van der Waals surface area (Å²) < 4.78 is 4.93. The second-order valence-electron chi connectivity index (χ2n) is 5.13. The molecule has 2 fully saturated rings. The summed E-state index contributed by atoms with van der Waals surface area (Å²) in [5.41, 5.74) is 0.395. The zero-order chi connectivity index (χ0) is 9.47. The summed E-state index contributed by atoms with van der Waals surface area (Å²) in [6.45, 7) is 5.88. The third-order valence-electron chi connectivity index (χ3n) is 4.39. The lowest BCUT2D eigenvalue weighted by molar-refractivity contribution is -0.132. The fourth-order valence-electron chi connectivity index (χ4n) is 3.46. The van der Waals surface area contributed by atoms with E-state index in [4.69, 9.17) is 4.74 Å². The van der Waals surface area contributed by atoms with Gasteiger partial charge >= 0.3 is 0 Å². The van der Waals surface area contributed by atoms with Crippen LogP contribution in [0.3, 0.4) is 0 Å². The van der Waals surface area contributed by atoms with Crippen LogP contribution in [-0.2, 0) is 9.53 Å². The summed E-state index contributed by atoms with van der Waals surface area (Å²) in [5, 5.41) is 0. The van der Waals surface area contributed by atoms with Gasteiger partial charge in [-0.15, -0.1) is 0 Å². The maximum Gasteiger partial charge on any atom is 0.293 e. The van der Waals surface area contributed by atoms with E-state index in [1.807, 2.05) is 0 Å². The van der Waals surface area contributed by atoms with Crippen molar-refractivity contribution in [2.24, 2.45) is 23.2 Å². The van der Waals surface area contributed by atoms with Crippen LogP contribution in [0.4, 0.5) is 0 Å². The average molecular weight is 182 g/mol. The van der Waals surface area contributed by atoms with Gasteiger partial charge in [-0.05, 0) is 36.5 Å². The van der Waals surface area contributed by atoms with Gasteiger partial charge in [0.05, 0.1) is 6.61 Å². The molecule has 3 atom stereocenters. The fourth-order valence-corrected chi connectivity index (χ4v) is 3.46. The quantitative estimate of drug-likeness (QED) is 0.626. The monoisotopic (exact) mass is 182 g/mol. The Labute approximate surface area is 79.7 Å². The van der Waals surface area contributed by atoms with Crippen LogP contribution in [0.25, 0.3) is 0 Å². The molecule has 0 heterocycles. The summed E-state index contributed by atoms with van der Waals surface area (Å²) in [6.07, 6.45) is 4.09. The van der Waals surface area contributed by atoms with Gasteiger partial charge in [0.1, 0.15) is 0 Å². The van der Waals surface area contributed by atoms with Gasteiger partial charge in [-0.25, -0.2) is 0 Å². The van der Waals surface area contributed by atoms with Gasteiger partial charge < -0.3 is 4.74 Å². The lowest BCUT2D eigenvalue weighted by atomic mass is 9.69. The number of ether oxygens (including phenoxy) is 1. The van der Waals surface area contributed by atoms with Crippen LogP contribution in [-0.4, -0.2) is 13.1 Å². The number of carbonyl (C=O) groups is 1. The molecular formula is C11H18O2. The Morgan fingerprint density at radius 1 is 1.46 bits per heavy atom. The lowest BCUT2D eigenvalue weighted by Gasteiger charge is -2.37. The molecule has 0 N–H and O–H groups in total. The van der Waals surface area contributed by atoms with Gasteiger partial charge in [0, 0.05) is 5.92 Å². The Hall–Kier alpha value is -0.530. The predicted octanol–water partition coefficient (Wildman–Crippen LogP) is 2.23. The highest BCUT2D eigenvalue weighted by molar-refractivity contribution is 5.37. The van der Waals surface area contributed by atoms with E-state index in [1.54, 1.807) is 0 Å². The molecule has 13 heavy (non-hydrogen) atoms. The number of rotatable bonds is 3. The van der Waals surface area contributed by atoms with E-state index in [-0.39, 0.29) is 0 Å². The van der Waals surface area contributed by atoms with Crippen molar-refractivity contribution in [3.63, 3.8) is 0 Å². The molecule has 2 aliphatic rings. The summed E-state index contributed by atoms with van der Waals surface area (Å²) in [4.78, 5) is 10.2. The second-order valence-corrected chi connectivity index (χ2v) is 5.13. The van der Waals surface area contributed by atoms with Gasteiger partial charge in [-0.1, -0.05) is 13.8 Å². The standard InChI is InChI=1S/C11H18O2/c1-11(2)9-4-3-8(5-9)10(11)6-13-7-12/h7-10H,3-6H2,1-2H3. The van der Waals surface area contributed by atoms with Crippen LogP contribution in [0, 0.1) is 23.2 Å². The lowest BCUT2D eigenvalue weighted by Crippen LogP contribution is -2.33. The normalized spacial score (nSPS) is 40.6. The first-order valence-electron chi connectivity index (χ1n) is 5.21. The molecule has 2 rings (SSSR count). The van der Waals surface area contributed by atoms with E-state index >= 15 is 0 Å². The Kier molecular flexibility index (Phi) is 2.09. The first-order valence-corrected chi connectivity index (χ1v) is 5.21. The Morgan fingerprint density at radius 3 is 2.77 bits per heavy atom. The number of fused-ring (bicyclic) bond motifs is 2. The summed E-state index contributed by atoms with van der Waals surface area (Å²) in [6, 6.07) is 0. The minimum Gasteiger partial charge on any atom is -0.468 e. The molecule has 74 valence electrons. The molecule has 2 aliphatic carbocycles. The predicted molar refractivity (Wildman–Crippen MR) is 50.1 cm³/mol. The van der Waals surface area contributed by atoms with Crippen molar-refractivity contribution in [2.45, 2.75) is 33.1 Å². The summed E-state index contributed by atoms with van der Waals surface area (Å²) in [5.74, 6) is 2.30. The highest BCUT2D eigenvalue weighted by Gasteiger charge is 2.52. The first-order chi connectivity index (χ1) is 6.16. The molecule has 2 nitrogen and oxygen atoms in total. The topological polar surface area (TPSA) is 26.3 Å². The minimum absolute atomic E-state index is 0.395. The SMILES string of the molecule is CC1(C)C2CCC(C2)C1COC=O. The van der Waals surface area contributed by atoms with Crippen LogP contribution in [0.15, 0.2) is 0 Å². The average Bonchev–Trinajstić information content (AvgIpc) is 2.60. The smallest absolute Gasteiger partial charge is 0.293 e. The molecule has 0 aliphatic heterocycles. The van der Waals surface area contributed by atoms with Crippen molar-refractivity contribution in [1.82, 2.24) is 0 Å². The van der Waals surface area contributed by atoms with E-state index in [0.717, 1.165) is 11.8 Å². The Balaban J connectivity index is 2.05. The van der Waals surface area contributed by atoms with Gasteiger partial charge in [0.15, 0.2) is 0 Å². The van der Waals surface area contributed by atoms with E-state index < -0.39 is 0 Å². The van der Waals surface area contributed by atoms with Gasteiger partial charge in [-0.2, -0.15) is 0 Å². The molecule has 2 heteroatoms. The van der Waals surface area contributed by atoms with E-state index in [9.17, 15) is 4.79 Å². The molecule has 0 aromatic heterocycles. The van der Waals surface area contributed by atoms with Crippen molar-refractivity contribution in [1.29, 1.82) is 0 Å². The summed E-state index contributed by atoms with van der Waals surface area (Å²) in [7, 11) is 0. The molecule has 0 radical (unpaired) electrons. The molecule has 0 aromatic rings. The van der Waals surface area contributed by atoms with Crippen LogP contribution in [0.1, 0.15) is 33.1 Å². The van der Waals surface area contributed by atoms with Crippen LogP contribution in [0.5, 0.6) is 0 Å². The van der Waals surface area contributed by atoms with Crippen molar-refractivity contribution in [3.8, 4) is 0 Å². The molecule has 0 amide bonds. The van der Waals surface area contributed by atoms with Gasteiger partial charge in [0.2, 0.25) is 0 Å². The van der Waals surface area contributed by atoms with Crippen molar-refractivity contribution < 1.29 is 9.53 Å². The van der Waals surface area contributed by atoms with Crippen LogP contribution in [0.2, 0.25) is 0 Å². The van der Waals surface area contributed by atoms with Crippen LogP contribution >= 0.6 is 0 Å². The highest BCUT2D eigenvalue weighted by atomic mass is 16.5. The van der Waals surface area contributed by atoms with Crippen LogP contribution < -0.4 is 0 Å². The molecule has 0 spiro atoms. The fraction of sp³-hybridized carbons (Fsp3) is 0.909. The van der Waals surface area contributed by atoms with Crippen molar-refractivity contribution in [3.05, 3.63) is 0 Å². The largest absolute Gasteiger partial charge is 0.468 e. The minimum atomic E-state index is 0.395. The molecule has 3 unspecified atom stereocenters. The molecule has 2 saturated carbocycles. The van der Waals surface area contributed by atoms with E-state index in [0.29, 0.717) is 24.4 Å². The van der Waals surface area contributed by atoms with E-state index in [1.165, 1.54) is 19.3 Å². The molecule has 0 aromatic carbocycles. The van der Waals surface area contributed by atoms with Crippen molar-refractivity contribution in [2.75, 3.05) is 6.61 Å². The Morgan fingerprint density at radius 2 is 2.23 bits per heavy atom. The second kappa shape index (κ2) is 3.00.